The van der Waals surface area contributed by atoms with Gasteiger partial charge in [0, 0.05) is 87.1 Å². The van der Waals surface area contributed by atoms with Gasteiger partial charge < -0.3 is 18.0 Å². The summed E-state index contributed by atoms with van der Waals surface area (Å²) < 4.78 is 23.5. The van der Waals surface area contributed by atoms with E-state index in [0.717, 1.165) is 224 Å². The minimum absolute atomic E-state index is 0.491. The fourth-order valence-electron chi connectivity index (χ4n) is 22.9. The molecule has 138 heavy (non-hydrogen) atoms. The van der Waals surface area contributed by atoms with Crippen LogP contribution >= 0.6 is 0 Å². The largest absolute Gasteiger partial charge is 0.455 e. The molecule has 8 heterocycles. The van der Waals surface area contributed by atoms with E-state index >= 15 is 0 Å². The average molecular weight is 1760 g/mol. The highest BCUT2D eigenvalue weighted by Crippen LogP contribution is 2.49. The Labute approximate surface area is 784 Å². The number of furan rings is 2. The number of hydrogen-bond donors (Lipinski definition) is 0. The molecule has 31 rings (SSSR count). The number of para-hydroxylation sites is 6. The lowest BCUT2D eigenvalue weighted by Gasteiger charge is -2.14. The van der Waals surface area contributed by atoms with E-state index in [9.17, 15) is 0 Å². The molecule has 23 aromatic carbocycles. The smallest absolute Gasteiger partial charge is 0.238 e. The maximum absolute atomic E-state index is 7.14. The summed E-state index contributed by atoms with van der Waals surface area (Å²) in [5.41, 5.74) is 19.0. The standard InChI is InChI=1S/C126H70N10O2/c1-2-23-72-56-83(47-44-71(72)22-1)121-127-123(131-125(129-121)135-107-38-15-9-31-94(107)95-32-10-16-39-108(95)135)105-65-86-60-88(51-55-93(86)118-99-36-14-19-42-115(99)137-119(105)118)134-113-68-78-29-8-5-26-75(78)63-103(113)104-70-100-79(69-114(104)134)30-21-37-89(100)82-48-52-90-80(57-82)45-46-81-58-84(49-53-91(81)90)122-128-124(132-126(130-122)136-109-40-17-11-33-96(109)97-34-12-18-41-110(97)136)106-64-85-59-87(50-54-92(85)117-98-35-13-20-43-116(98)138-120(106)117)133-111-66-76-27-6-3-24-73(76)61-101(111)102-62-74-25-4-7-28-77(74)67-112(102)133/h1-70H. The van der Waals surface area contributed by atoms with Crippen LogP contribution in [0.3, 0.4) is 0 Å². The second kappa shape index (κ2) is 28.4. The van der Waals surface area contributed by atoms with Gasteiger partial charge in [0.25, 0.3) is 0 Å². The van der Waals surface area contributed by atoms with Crippen molar-refractivity contribution in [1.82, 2.24) is 48.2 Å². The summed E-state index contributed by atoms with van der Waals surface area (Å²) in [6.45, 7) is 0. The Morgan fingerprint density at radius 1 is 0.159 bits per heavy atom. The monoisotopic (exact) mass is 1750 g/mol. The number of nitrogens with zero attached hydrogens (tertiary/aromatic N) is 10. The Morgan fingerprint density at radius 3 is 0.942 bits per heavy atom. The van der Waals surface area contributed by atoms with Gasteiger partial charge in [-0.05, 0) is 248 Å². The minimum atomic E-state index is 0.491. The number of fused-ring (bicyclic) bond motifs is 30. The maximum Gasteiger partial charge on any atom is 0.238 e. The zero-order valence-corrected chi connectivity index (χ0v) is 73.7. The van der Waals surface area contributed by atoms with Crippen molar-refractivity contribution < 1.29 is 8.83 Å². The Balaban J connectivity index is 0.549. The number of aromatic nitrogens is 10. The normalized spacial score (nSPS) is 12.3. The summed E-state index contributed by atoms with van der Waals surface area (Å²) in [6.07, 6.45) is 0. The number of hydrogen-bond acceptors (Lipinski definition) is 8. The predicted molar refractivity (Wildman–Crippen MR) is 570 cm³/mol. The SMILES string of the molecule is c1ccc2cc(-c3nc(-c4cc5cc(-n6c7cc8ccccc8cc7c7cc8c(-c9ccc%10c(ccc%11cc(-c%12nc(-c%13cc%14cc(-n%15c%16cc%17ccccc%17cc%16c%16cc%17ccccc%17cc%16%15)ccc%14c%14c%13oc%13ccccc%13%14)nc(-n%13c%14ccccc%14c%14ccccc%14%13)n%12)ccc%11%10)c9)cccc8cc76)ccc5c5c4oc4ccccc45)nc(-n4c5ccccc5c5ccccc54)n3)ccc2c1. The van der Waals surface area contributed by atoms with Gasteiger partial charge in [-0.2, -0.15) is 19.9 Å². The molecule has 0 radical (unpaired) electrons. The summed E-state index contributed by atoms with van der Waals surface area (Å²) in [5, 5.41) is 33.4. The summed E-state index contributed by atoms with van der Waals surface area (Å²) in [5.74, 6) is 3.08. The molecule has 0 aliphatic carbocycles. The van der Waals surface area contributed by atoms with Gasteiger partial charge in [0.1, 0.15) is 22.3 Å². The van der Waals surface area contributed by atoms with E-state index in [4.69, 9.17) is 38.7 Å². The van der Waals surface area contributed by atoms with Gasteiger partial charge in [0.15, 0.2) is 23.3 Å². The number of benzene rings is 23. The molecule has 31 aromatic rings. The Bertz CT molecular complexity index is 10700. The molecule has 0 amide bonds. The molecule has 0 spiro atoms. The van der Waals surface area contributed by atoms with Crippen molar-refractivity contribution in [3.05, 3.63) is 425 Å². The van der Waals surface area contributed by atoms with Crippen LogP contribution in [-0.2, 0) is 0 Å². The lowest BCUT2D eigenvalue weighted by atomic mass is 9.93. The zero-order valence-electron chi connectivity index (χ0n) is 73.7. The van der Waals surface area contributed by atoms with E-state index in [1.807, 2.05) is 12.1 Å². The fraction of sp³-hybridized carbons (Fsp3) is 0. The molecule has 0 saturated carbocycles. The van der Waals surface area contributed by atoms with E-state index in [-0.39, 0.29) is 0 Å². The molecule has 0 bridgehead atoms. The van der Waals surface area contributed by atoms with Crippen LogP contribution < -0.4 is 0 Å². The van der Waals surface area contributed by atoms with Gasteiger partial charge in [0.05, 0.1) is 55.3 Å². The minimum Gasteiger partial charge on any atom is -0.455 e. The molecule has 0 saturated heterocycles. The van der Waals surface area contributed by atoms with Crippen LogP contribution in [0.2, 0.25) is 0 Å². The highest BCUT2D eigenvalue weighted by Gasteiger charge is 2.29. The number of rotatable bonds is 9. The second-order valence-electron chi connectivity index (χ2n) is 36.8. The lowest BCUT2D eigenvalue weighted by molar-refractivity contribution is 0.669. The van der Waals surface area contributed by atoms with E-state index in [2.05, 4.69) is 431 Å². The highest BCUT2D eigenvalue weighted by molar-refractivity contribution is 6.27. The van der Waals surface area contributed by atoms with Crippen LogP contribution in [0, 0.1) is 0 Å². The summed E-state index contributed by atoms with van der Waals surface area (Å²) in [7, 11) is 0. The molecule has 8 aromatic heterocycles. The molecule has 0 unspecified atom stereocenters. The quantitative estimate of drug-likeness (QED) is 0.131. The topological polar surface area (TPSA) is 123 Å². The molecule has 636 valence electrons. The summed E-state index contributed by atoms with van der Waals surface area (Å²) in [6, 6.07) is 154. The predicted octanol–water partition coefficient (Wildman–Crippen LogP) is 33.0. The van der Waals surface area contributed by atoms with Gasteiger partial charge in [-0.1, -0.05) is 285 Å². The van der Waals surface area contributed by atoms with E-state index in [0.29, 0.717) is 46.4 Å². The first-order chi connectivity index (χ1) is 68.3. The van der Waals surface area contributed by atoms with Crippen molar-refractivity contribution in [1.29, 1.82) is 0 Å². The van der Waals surface area contributed by atoms with Crippen molar-refractivity contribution in [3.8, 4) is 79.9 Å². The van der Waals surface area contributed by atoms with Gasteiger partial charge in [0.2, 0.25) is 11.9 Å². The van der Waals surface area contributed by atoms with Crippen LogP contribution in [0.15, 0.2) is 433 Å². The third kappa shape index (κ3) is 11.0. The molecule has 0 aliphatic rings. The summed E-state index contributed by atoms with van der Waals surface area (Å²) in [4.78, 5) is 33.4. The van der Waals surface area contributed by atoms with Gasteiger partial charge in [-0.3, -0.25) is 9.13 Å². The van der Waals surface area contributed by atoms with Crippen molar-refractivity contribution in [3.63, 3.8) is 0 Å². The first-order valence-corrected chi connectivity index (χ1v) is 46.8. The second-order valence-corrected chi connectivity index (χ2v) is 36.8. The highest BCUT2D eigenvalue weighted by atomic mass is 16.3. The molecule has 0 aliphatic heterocycles. The lowest BCUT2D eigenvalue weighted by Crippen LogP contribution is -2.06. The average Bonchev–Trinajstić information content (AvgIpc) is 1.55. The third-order valence-electron chi connectivity index (χ3n) is 29.2. The molecule has 0 N–H and O–H groups in total. The van der Waals surface area contributed by atoms with E-state index < -0.39 is 0 Å². The first-order valence-electron chi connectivity index (χ1n) is 46.8. The summed E-state index contributed by atoms with van der Waals surface area (Å²) >= 11 is 0. The molecule has 12 heteroatoms. The van der Waals surface area contributed by atoms with Crippen LogP contribution in [-0.4, -0.2) is 48.2 Å². The van der Waals surface area contributed by atoms with Crippen molar-refractivity contribution in [2.75, 3.05) is 0 Å². The molecular formula is C126H70N10O2. The van der Waals surface area contributed by atoms with E-state index in [1.165, 1.54) is 37.7 Å². The fourth-order valence-corrected chi connectivity index (χ4v) is 22.9. The van der Waals surface area contributed by atoms with Crippen LogP contribution in [0.1, 0.15) is 0 Å². The maximum atomic E-state index is 7.14. The van der Waals surface area contributed by atoms with Gasteiger partial charge in [-0.25, -0.2) is 9.97 Å². The zero-order chi connectivity index (χ0) is 89.8. The molecule has 0 atom stereocenters. The van der Waals surface area contributed by atoms with E-state index in [1.54, 1.807) is 0 Å². The third-order valence-corrected chi connectivity index (χ3v) is 29.2. The van der Waals surface area contributed by atoms with Crippen molar-refractivity contribution in [2.45, 2.75) is 0 Å². The van der Waals surface area contributed by atoms with Crippen LogP contribution in [0.5, 0.6) is 0 Å². The first kappa shape index (κ1) is 74.8. The van der Waals surface area contributed by atoms with Crippen LogP contribution in [0.25, 0.3) is 308 Å². The molecule has 12 nitrogen and oxygen atoms in total. The van der Waals surface area contributed by atoms with Crippen LogP contribution in [0.4, 0.5) is 0 Å². The van der Waals surface area contributed by atoms with Gasteiger partial charge in [-0.15, -0.1) is 0 Å². The Kier molecular flexibility index (Phi) is 15.4. The molecular weight excluding hydrogens is 1690 g/mol. The Hall–Kier alpha value is -18.8. The molecule has 0 fully saturated rings. The van der Waals surface area contributed by atoms with Crippen molar-refractivity contribution >= 4 is 228 Å². The van der Waals surface area contributed by atoms with Crippen molar-refractivity contribution in [2.24, 2.45) is 0 Å². The Morgan fingerprint density at radius 2 is 0.486 bits per heavy atom. The van der Waals surface area contributed by atoms with Gasteiger partial charge >= 0.3 is 0 Å².